The smallest absolute Gasteiger partial charge is 0.264 e. The predicted octanol–water partition coefficient (Wildman–Crippen LogP) is 5.13. The number of ether oxygens (including phenoxy) is 2. The molecule has 3 aromatic carbocycles. The summed E-state index contributed by atoms with van der Waals surface area (Å²) in [6.45, 7) is 5.73. The van der Waals surface area contributed by atoms with Gasteiger partial charge in [-0.3, -0.25) is 13.9 Å². The van der Waals surface area contributed by atoms with Crippen LogP contribution >= 0.6 is 11.6 Å². The Balaban J connectivity index is 2.08. The SMILES string of the molecule is CC[C@@H](C(=O)NCC(C)C)N(Cc1ccc(Cl)cc1)C(=O)CN(c1ccc(OC)c(OC)c1)S(=O)(=O)c1ccccc1. The van der Waals surface area contributed by atoms with Gasteiger partial charge in [0.15, 0.2) is 11.5 Å². The second-order valence-electron chi connectivity index (χ2n) is 10.1. The van der Waals surface area contributed by atoms with Crippen molar-refractivity contribution in [1.82, 2.24) is 10.2 Å². The minimum Gasteiger partial charge on any atom is -0.493 e. The van der Waals surface area contributed by atoms with Crippen LogP contribution in [-0.2, 0) is 26.2 Å². The number of anilines is 1. The van der Waals surface area contributed by atoms with Crippen molar-refractivity contribution in [3.63, 3.8) is 0 Å². The third-order valence-corrected chi connectivity index (χ3v) is 8.64. The third-order valence-electron chi connectivity index (χ3n) is 6.60. The highest BCUT2D eigenvalue weighted by Gasteiger charge is 2.34. The zero-order valence-corrected chi connectivity index (χ0v) is 26.1. The van der Waals surface area contributed by atoms with Gasteiger partial charge in [-0.05, 0) is 54.3 Å². The maximum Gasteiger partial charge on any atom is 0.264 e. The molecule has 9 nitrogen and oxygen atoms in total. The summed E-state index contributed by atoms with van der Waals surface area (Å²) in [5.41, 5.74) is 0.944. The minimum atomic E-state index is -4.21. The number of nitrogens with one attached hydrogen (secondary N) is 1. The van der Waals surface area contributed by atoms with Gasteiger partial charge in [0, 0.05) is 24.2 Å². The van der Waals surface area contributed by atoms with Gasteiger partial charge in [-0.2, -0.15) is 0 Å². The van der Waals surface area contributed by atoms with Gasteiger partial charge in [0.25, 0.3) is 10.0 Å². The van der Waals surface area contributed by atoms with Crippen molar-refractivity contribution >= 4 is 39.1 Å². The molecule has 3 rings (SSSR count). The Morgan fingerprint density at radius 1 is 0.929 bits per heavy atom. The van der Waals surface area contributed by atoms with Gasteiger partial charge in [-0.25, -0.2) is 8.42 Å². The summed E-state index contributed by atoms with van der Waals surface area (Å²) in [6.07, 6.45) is 0.324. The summed E-state index contributed by atoms with van der Waals surface area (Å²) < 4.78 is 39.7. The molecule has 3 aromatic rings. The average molecular weight is 616 g/mol. The number of methoxy groups -OCH3 is 2. The number of benzene rings is 3. The molecule has 0 aliphatic rings. The largest absolute Gasteiger partial charge is 0.493 e. The van der Waals surface area contributed by atoms with E-state index in [2.05, 4.69) is 5.32 Å². The topological polar surface area (TPSA) is 105 Å². The van der Waals surface area contributed by atoms with Crippen LogP contribution < -0.4 is 19.1 Å². The highest BCUT2D eigenvalue weighted by molar-refractivity contribution is 7.92. The molecule has 0 unspecified atom stereocenters. The molecule has 0 aliphatic carbocycles. The van der Waals surface area contributed by atoms with E-state index in [-0.39, 0.29) is 29.0 Å². The van der Waals surface area contributed by atoms with Crippen LogP contribution in [0.1, 0.15) is 32.8 Å². The van der Waals surface area contributed by atoms with Gasteiger partial charge in [-0.15, -0.1) is 0 Å². The summed E-state index contributed by atoms with van der Waals surface area (Å²) >= 11 is 6.08. The van der Waals surface area contributed by atoms with E-state index in [0.717, 1.165) is 9.87 Å². The number of carbonyl (C=O) groups is 2. The van der Waals surface area contributed by atoms with E-state index in [9.17, 15) is 18.0 Å². The van der Waals surface area contributed by atoms with Gasteiger partial charge >= 0.3 is 0 Å². The Hall–Kier alpha value is -3.76. The molecule has 1 N–H and O–H groups in total. The van der Waals surface area contributed by atoms with Crippen LogP contribution in [0.3, 0.4) is 0 Å². The second kappa shape index (κ2) is 14.9. The average Bonchev–Trinajstić information content (AvgIpc) is 2.99. The van der Waals surface area contributed by atoms with Crippen LogP contribution in [-0.4, -0.2) is 58.5 Å². The molecular formula is C31H38ClN3O6S. The molecule has 2 amide bonds. The highest BCUT2D eigenvalue weighted by atomic mass is 35.5. The van der Waals surface area contributed by atoms with Crippen LogP contribution in [0, 0.1) is 5.92 Å². The summed E-state index contributed by atoms with van der Waals surface area (Å²) in [5.74, 6) is 0.0569. The van der Waals surface area contributed by atoms with Crippen molar-refractivity contribution in [2.75, 3.05) is 31.6 Å². The molecule has 42 heavy (non-hydrogen) atoms. The number of rotatable bonds is 14. The van der Waals surface area contributed by atoms with E-state index in [1.54, 1.807) is 54.6 Å². The van der Waals surface area contributed by atoms with Crippen molar-refractivity contribution in [1.29, 1.82) is 0 Å². The molecule has 0 aliphatic heterocycles. The summed E-state index contributed by atoms with van der Waals surface area (Å²) in [7, 11) is -1.29. The molecule has 0 fully saturated rings. The third kappa shape index (κ3) is 8.17. The number of hydrogen-bond acceptors (Lipinski definition) is 6. The minimum absolute atomic E-state index is 0.0126. The van der Waals surface area contributed by atoms with Crippen LogP contribution in [0.4, 0.5) is 5.69 Å². The fourth-order valence-corrected chi connectivity index (χ4v) is 5.91. The number of carbonyl (C=O) groups excluding carboxylic acids is 2. The molecule has 0 heterocycles. The van der Waals surface area contributed by atoms with Crippen molar-refractivity contribution in [2.24, 2.45) is 5.92 Å². The predicted molar refractivity (Wildman–Crippen MR) is 164 cm³/mol. The quantitative estimate of drug-likeness (QED) is 0.270. The first-order valence-corrected chi connectivity index (χ1v) is 15.4. The lowest BCUT2D eigenvalue weighted by Crippen LogP contribution is -2.52. The normalized spacial score (nSPS) is 12.0. The maximum absolute atomic E-state index is 14.2. The zero-order chi connectivity index (χ0) is 30.9. The molecule has 11 heteroatoms. The van der Waals surface area contributed by atoms with Gasteiger partial charge in [0.1, 0.15) is 12.6 Å². The number of nitrogens with zero attached hydrogens (tertiary/aromatic N) is 2. The fourth-order valence-electron chi connectivity index (χ4n) is 4.36. The van der Waals surface area contributed by atoms with E-state index < -0.39 is 28.5 Å². The van der Waals surface area contributed by atoms with Gasteiger partial charge in [0.2, 0.25) is 11.8 Å². The molecule has 0 saturated carbocycles. The van der Waals surface area contributed by atoms with E-state index in [0.29, 0.717) is 29.5 Å². The van der Waals surface area contributed by atoms with Gasteiger partial charge in [0.05, 0.1) is 24.8 Å². The molecule has 0 spiro atoms. The van der Waals surface area contributed by atoms with Crippen LogP contribution in [0.15, 0.2) is 77.7 Å². The monoisotopic (exact) mass is 615 g/mol. The Bertz CT molecular complexity index is 1450. The van der Waals surface area contributed by atoms with Crippen LogP contribution in [0.2, 0.25) is 5.02 Å². The molecule has 0 saturated heterocycles. The van der Waals surface area contributed by atoms with Crippen LogP contribution in [0.25, 0.3) is 0 Å². The highest BCUT2D eigenvalue weighted by Crippen LogP contribution is 2.34. The van der Waals surface area contributed by atoms with Gasteiger partial charge in [-0.1, -0.05) is 62.7 Å². The standard InChI is InChI=1S/C31H38ClN3O6S/c1-6-27(31(37)33-19-22(2)3)34(20-23-12-14-24(32)15-13-23)30(36)21-35(42(38,39)26-10-8-7-9-11-26)25-16-17-28(40-4)29(18-25)41-5/h7-18,22,27H,6,19-21H2,1-5H3,(H,33,37)/t27-/m0/s1. The van der Waals surface area contributed by atoms with E-state index in [4.69, 9.17) is 21.1 Å². The number of hydrogen-bond donors (Lipinski definition) is 1. The Labute approximate surface area is 253 Å². The number of sulfonamides is 1. The Morgan fingerprint density at radius 2 is 1.57 bits per heavy atom. The van der Waals surface area contributed by atoms with E-state index in [1.807, 2.05) is 20.8 Å². The molecule has 226 valence electrons. The maximum atomic E-state index is 14.2. The lowest BCUT2D eigenvalue weighted by Gasteiger charge is -2.33. The summed E-state index contributed by atoms with van der Waals surface area (Å²) in [4.78, 5) is 28.9. The Kier molecular flexibility index (Phi) is 11.6. The molecule has 0 radical (unpaired) electrons. The first kappa shape index (κ1) is 32.8. The fraction of sp³-hybridized carbons (Fsp3) is 0.355. The van der Waals surface area contributed by atoms with Gasteiger partial charge < -0.3 is 19.7 Å². The van der Waals surface area contributed by atoms with E-state index in [1.165, 1.54) is 37.3 Å². The van der Waals surface area contributed by atoms with Crippen molar-refractivity contribution in [2.45, 2.75) is 44.7 Å². The first-order valence-electron chi connectivity index (χ1n) is 13.6. The summed E-state index contributed by atoms with van der Waals surface area (Å²) in [5, 5.41) is 3.45. The second-order valence-corrected chi connectivity index (χ2v) is 12.4. The number of amides is 2. The lowest BCUT2D eigenvalue weighted by molar-refractivity contribution is -0.140. The first-order chi connectivity index (χ1) is 20.0. The van der Waals surface area contributed by atoms with Crippen molar-refractivity contribution in [3.05, 3.63) is 83.4 Å². The molecule has 1 atom stereocenters. The molecular weight excluding hydrogens is 578 g/mol. The Morgan fingerprint density at radius 3 is 2.14 bits per heavy atom. The van der Waals surface area contributed by atoms with Crippen molar-refractivity contribution < 1.29 is 27.5 Å². The molecule has 0 aromatic heterocycles. The zero-order valence-electron chi connectivity index (χ0n) is 24.5. The summed E-state index contributed by atoms with van der Waals surface area (Å²) in [6, 6.07) is 18.6. The molecule has 0 bridgehead atoms. The number of halogens is 1. The van der Waals surface area contributed by atoms with Crippen LogP contribution in [0.5, 0.6) is 11.5 Å². The van der Waals surface area contributed by atoms with E-state index >= 15 is 0 Å². The van der Waals surface area contributed by atoms with Crippen molar-refractivity contribution in [3.8, 4) is 11.5 Å². The lowest BCUT2D eigenvalue weighted by atomic mass is 10.1.